The summed E-state index contributed by atoms with van der Waals surface area (Å²) in [6.07, 6.45) is 2.51. The van der Waals surface area contributed by atoms with Crippen molar-refractivity contribution in [3.8, 4) is 0 Å². The Morgan fingerprint density at radius 2 is 1.83 bits per heavy atom. The van der Waals surface area contributed by atoms with Gasteiger partial charge < -0.3 is 20.7 Å². The van der Waals surface area contributed by atoms with Crippen LogP contribution in [0.1, 0.15) is 24.0 Å². The van der Waals surface area contributed by atoms with E-state index < -0.39 is 12.0 Å². The van der Waals surface area contributed by atoms with E-state index in [2.05, 4.69) is 17.4 Å². The van der Waals surface area contributed by atoms with Gasteiger partial charge in [0.1, 0.15) is 6.10 Å². The molecule has 6 heteroatoms. The molecule has 0 bridgehead atoms. The number of rotatable bonds is 3. The molecule has 1 fully saturated rings. The fourth-order valence-electron chi connectivity index (χ4n) is 3.25. The molecule has 2 aliphatic heterocycles. The SMILES string of the molecule is NC(=O)[C@@H]1CC[C@H](CNC(=O)N2CCc3ccccc3CC2)O1. The van der Waals surface area contributed by atoms with Crippen LogP contribution in [0, 0.1) is 0 Å². The molecule has 3 N–H and O–H groups in total. The summed E-state index contributed by atoms with van der Waals surface area (Å²) in [7, 11) is 0. The molecule has 3 amide bonds. The van der Waals surface area contributed by atoms with E-state index in [1.165, 1.54) is 11.1 Å². The number of hydrogen-bond donors (Lipinski definition) is 2. The van der Waals surface area contributed by atoms with E-state index in [0.717, 1.165) is 32.4 Å². The molecule has 0 spiro atoms. The number of carbonyl (C=O) groups excluding carboxylic acids is 2. The fraction of sp³-hybridized carbons (Fsp3) is 0.529. The monoisotopic (exact) mass is 317 g/mol. The number of primary amides is 1. The first kappa shape index (κ1) is 15.8. The number of hydrogen-bond acceptors (Lipinski definition) is 3. The Labute approximate surface area is 136 Å². The van der Waals surface area contributed by atoms with E-state index in [4.69, 9.17) is 10.5 Å². The topological polar surface area (TPSA) is 84.7 Å². The summed E-state index contributed by atoms with van der Waals surface area (Å²) in [6, 6.07) is 8.28. The highest BCUT2D eigenvalue weighted by Gasteiger charge is 2.29. The van der Waals surface area contributed by atoms with E-state index in [1.807, 2.05) is 17.0 Å². The first-order valence-corrected chi connectivity index (χ1v) is 8.18. The van der Waals surface area contributed by atoms with Crippen molar-refractivity contribution >= 4 is 11.9 Å². The van der Waals surface area contributed by atoms with Crippen LogP contribution in [0.15, 0.2) is 24.3 Å². The third kappa shape index (κ3) is 3.82. The minimum absolute atomic E-state index is 0.0658. The number of urea groups is 1. The van der Waals surface area contributed by atoms with Crippen molar-refractivity contribution in [3.63, 3.8) is 0 Å². The van der Waals surface area contributed by atoms with Crippen molar-refractivity contribution in [1.29, 1.82) is 0 Å². The van der Waals surface area contributed by atoms with Gasteiger partial charge in [-0.2, -0.15) is 0 Å². The molecule has 0 saturated carbocycles. The van der Waals surface area contributed by atoms with Crippen molar-refractivity contribution in [2.45, 2.75) is 37.9 Å². The molecule has 0 aromatic heterocycles. The summed E-state index contributed by atoms with van der Waals surface area (Å²) in [5.41, 5.74) is 7.88. The zero-order valence-corrected chi connectivity index (χ0v) is 13.2. The first-order valence-electron chi connectivity index (χ1n) is 8.18. The van der Waals surface area contributed by atoms with Gasteiger partial charge in [0.2, 0.25) is 5.91 Å². The standard InChI is InChI=1S/C17H23N3O3/c18-16(21)15-6-5-14(23-15)11-19-17(22)20-9-7-12-3-1-2-4-13(12)8-10-20/h1-4,14-15H,5-11H2,(H2,18,21)(H,19,22)/t14-,15+/m1/s1. The van der Waals surface area contributed by atoms with Gasteiger partial charge in [-0.1, -0.05) is 24.3 Å². The van der Waals surface area contributed by atoms with Gasteiger partial charge in [0, 0.05) is 19.6 Å². The summed E-state index contributed by atoms with van der Waals surface area (Å²) in [5, 5.41) is 2.92. The molecular formula is C17H23N3O3. The summed E-state index contributed by atoms with van der Waals surface area (Å²) in [6.45, 7) is 1.86. The Kier molecular flexibility index (Phi) is 4.81. The van der Waals surface area contributed by atoms with Gasteiger partial charge in [0.05, 0.1) is 6.10 Å². The number of benzene rings is 1. The van der Waals surface area contributed by atoms with Crippen molar-refractivity contribution < 1.29 is 14.3 Å². The van der Waals surface area contributed by atoms with Crippen LogP contribution in [0.2, 0.25) is 0 Å². The second-order valence-electron chi connectivity index (χ2n) is 6.17. The number of ether oxygens (including phenoxy) is 1. The highest BCUT2D eigenvalue weighted by atomic mass is 16.5. The number of nitrogens with one attached hydrogen (secondary N) is 1. The molecule has 2 heterocycles. The molecule has 1 aromatic carbocycles. The van der Waals surface area contributed by atoms with Crippen LogP contribution in [0.25, 0.3) is 0 Å². The maximum Gasteiger partial charge on any atom is 0.317 e. The first-order chi connectivity index (χ1) is 11.1. The van der Waals surface area contributed by atoms with E-state index in [-0.39, 0.29) is 12.1 Å². The van der Waals surface area contributed by atoms with Gasteiger partial charge in [-0.25, -0.2) is 4.79 Å². The van der Waals surface area contributed by atoms with Crippen molar-refractivity contribution in [1.82, 2.24) is 10.2 Å². The van der Waals surface area contributed by atoms with Gasteiger partial charge >= 0.3 is 6.03 Å². The van der Waals surface area contributed by atoms with E-state index in [9.17, 15) is 9.59 Å². The summed E-state index contributed by atoms with van der Waals surface area (Å²) in [4.78, 5) is 25.3. The van der Waals surface area contributed by atoms with Crippen LogP contribution < -0.4 is 11.1 Å². The predicted octanol–water partition coefficient (Wildman–Crippen LogP) is 0.830. The molecule has 0 radical (unpaired) electrons. The minimum Gasteiger partial charge on any atom is -0.367 e. The third-order valence-electron chi connectivity index (χ3n) is 4.61. The normalized spacial score (nSPS) is 23.9. The summed E-state index contributed by atoms with van der Waals surface area (Å²) >= 11 is 0. The van der Waals surface area contributed by atoms with Gasteiger partial charge in [0.25, 0.3) is 0 Å². The molecule has 124 valence electrons. The maximum absolute atomic E-state index is 12.3. The van der Waals surface area contributed by atoms with E-state index in [1.54, 1.807) is 0 Å². The molecular weight excluding hydrogens is 294 g/mol. The van der Waals surface area contributed by atoms with Crippen molar-refractivity contribution in [2.75, 3.05) is 19.6 Å². The molecule has 0 aliphatic carbocycles. The summed E-state index contributed by atoms with van der Waals surface area (Å²) in [5.74, 6) is -0.427. The lowest BCUT2D eigenvalue weighted by Gasteiger charge is -2.22. The second kappa shape index (κ2) is 7.00. The maximum atomic E-state index is 12.3. The van der Waals surface area contributed by atoms with Crippen LogP contribution in [0.4, 0.5) is 4.79 Å². The predicted molar refractivity (Wildman–Crippen MR) is 85.9 cm³/mol. The van der Waals surface area contributed by atoms with Crippen molar-refractivity contribution in [3.05, 3.63) is 35.4 Å². The number of carbonyl (C=O) groups is 2. The lowest BCUT2D eigenvalue weighted by atomic mass is 10.0. The molecule has 3 rings (SSSR count). The zero-order valence-electron chi connectivity index (χ0n) is 13.2. The zero-order chi connectivity index (χ0) is 16.2. The molecule has 1 saturated heterocycles. The molecule has 0 unspecified atom stereocenters. The average Bonchev–Trinajstić information content (AvgIpc) is 2.92. The largest absolute Gasteiger partial charge is 0.367 e. The van der Waals surface area contributed by atoms with Crippen molar-refractivity contribution in [2.24, 2.45) is 5.73 Å². The third-order valence-corrected chi connectivity index (χ3v) is 4.61. The Bertz CT molecular complexity index is 563. The number of fused-ring (bicyclic) bond motifs is 1. The van der Waals surface area contributed by atoms with Crippen LogP contribution in [-0.4, -0.2) is 48.7 Å². The van der Waals surface area contributed by atoms with Crippen LogP contribution in [-0.2, 0) is 22.4 Å². The fourth-order valence-corrected chi connectivity index (χ4v) is 3.25. The minimum atomic E-state index is -0.510. The molecule has 23 heavy (non-hydrogen) atoms. The number of nitrogens with zero attached hydrogens (tertiary/aromatic N) is 1. The quantitative estimate of drug-likeness (QED) is 0.866. The van der Waals surface area contributed by atoms with Gasteiger partial charge in [-0.05, 0) is 36.8 Å². The van der Waals surface area contributed by atoms with Crippen LogP contribution in [0.3, 0.4) is 0 Å². The lowest BCUT2D eigenvalue weighted by molar-refractivity contribution is -0.128. The van der Waals surface area contributed by atoms with Gasteiger partial charge in [-0.3, -0.25) is 4.79 Å². The molecule has 1 aromatic rings. The van der Waals surface area contributed by atoms with E-state index in [0.29, 0.717) is 13.0 Å². The van der Waals surface area contributed by atoms with Gasteiger partial charge in [0.15, 0.2) is 0 Å². The Morgan fingerprint density at radius 1 is 1.17 bits per heavy atom. The molecule has 2 aliphatic rings. The smallest absolute Gasteiger partial charge is 0.317 e. The highest BCUT2D eigenvalue weighted by molar-refractivity contribution is 5.79. The summed E-state index contributed by atoms with van der Waals surface area (Å²) < 4.78 is 5.53. The second-order valence-corrected chi connectivity index (χ2v) is 6.17. The highest BCUT2D eigenvalue weighted by Crippen LogP contribution is 2.19. The average molecular weight is 317 g/mol. The van der Waals surface area contributed by atoms with Gasteiger partial charge in [-0.15, -0.1) is 0 Å². The van der Waals surface area contributed by atoms with Crippen LogP contribution in [0.5, 0.6) is 0 Å². The molecule has 6 nitrogen and oxygen atoms in total. The lowest BCUT2D eigenvalue weighted by Crippen LogP contribution is -2.44. The number of amides is 3. The Hall–Kier alpha value is -2.08. The van der Waals surface area contributed by atoms with Crippen LogP contribution >= 0.6 is 0 Å². The Balaban J connectivity index is 1.47. The number of nitrogens with two attached hydrogens (primary N) is 1. The molecule has 2 atom stereocenters. The Morgan fingerprint density at radius 3 is 2.39 bits per heavy atom. The van der Waals surface area contributed by atoms with E-state index >= 15 is 0 Å².